The Balaban J connectivity index is 1.60. The third kappa shape index (κ3) is 6.77. The van der Waals surface area contributed by atoms with Crippen LogP contribution in [0.2, 0.25) is 5.02 Å². The average Bonchev–Trinajstić information content (AvgIpc) is 2.96. The zero-order valence-corrected chi connectivity index (χ0v) is 25.9. The number of amides is 1. The molecule has 220 valence electrons. The third-order valence-electron chi connectivity index (χ3n) is 6.65. The number of alkyl halides is 1. The van der Waals surface area contributed by atoms with E-state index in [2.05, 4.69) is 4.98 Å². The molecule has 8 nitrogen and oxygen atoms in total. The van der Waals surface area contributed by atoms with Crippen molar-refractivity contribution in [3.05, 3.63) is 88.2 Å². The Hall–Kier alpha value is -3.88. The molecule has 0 bridgehead atoms. The van der Waals surface area contributed by atoms with Gasteiger partial charge in [0, 0.05) is 36.4 Å². The minimum Gasteiger partial charge on any atom is -0.496 e. The fraction of sp³-hybridized carbons (Fsp3) is 0.312. The van der Waals surface area contributed by atoms with Crippen LogP contribution in [0.15, 0.2) is 60.8 Å². The van der Waals surface area contributed by atoms with Crippen LogP contribution in [0.25, 0.3) is 16.8 Å². The molecule has 1 atom stereocenters. The second-order valence-corrected chi connectivity index (χ2v) is 11.9. The van der Waals surface area contributed by atoms with Crippen LogP contribution in [-0.4, -0.2) is 54.1 Å². The summed E-state index contributed by atoms with van der Waals surface area (Å²) in [6, 6.07) is 10.7. The summed E-state index contributed by atoms with van der Waals surface area (Å²) in [4.78, 5) is 33.5. The van der Waals surface area contributed by atoms with Crippen molar-refractivity contribution in [1.29, 1.82) is 0 Å². The number of halogens is 2. The number of carbonyl (C=O) groups is 2. The number of nitrogens with zero attached hydrogens (tertiary/aromatic N) is 3. The van der Waals surface area contributed by atoms with Crippen LogP contribution >= 0.6 is 23.2 Å². The van der Waals surface area contributed by atoms with Crippen molar-refractivity contribution in [2.45, 2.75) is 44.2 Å². The zero-order valence-electron chi connectivity index (χ0n) is 24.4. The summed E-state index contributed by atoms with van der Waals surface area (Å²) < 4.78 is 16.4. The lowest BCUT2D eigenvalue weighted by Gasteiger charge is -2.29. The number of aromatic nitrogens is 2. The number of benzene rings is 1. The second-order valence-electron chi connectivity index (χ2n) is 10.9. The van der Waals surface area contributed by atoms with Gasteiger partial charge in [0.05, 0.1) is 42.7 Å². The molecule has 1 unspecified atom stereocenters. The van der Waals surface area contributed by atoms with Crippen LogP contribution in [0.3, 0.4) is 0 Å². The monoisotopic (exact) mass is 609 g/mol. The number of hydrogen-bond donors (Lipinski definition) is 0. The molecular weight excluding hydrogens is 577 g/mol. The Morgan fingerprint density at radius 3 is 2.57 bits per heavy atom. The maximum Gasteiger partial charge on any atom is 0.410 e. The molecule has 0 N–H and O–H groups in total. The minimum absolute atomic E-state index is 0.246. The Morgan fingerprint density at radius 1 is 1.14 bits per heavy atom. The number of allylic oxidation sites excluding steroid dienone is 4. The molecule has 2 heterocycles. The number of carbonyl (C=O) groups excluding carboxylic acids is 2. The topological polar surface area (TPSA) is 90.8 Å². The predicted octanol–water partition coefficient (Wildman–Crippen LogP) is 7.47. The molecule has 1 amide bonds. The fourth-order valence-electron chi connectivity index (χ4n) is 4.58. The molecule has 3 aromatic rings. The lowest BCUT2D eigenvalue weighted by Crippen LogP contribution is -2.34. The Bertz CT molecular complexity index is 1560. The highest BCUT2D eigenvalue weighted by molar-refractivity contribution is 6.35. The van der Waals surface area contributed by atoms with Gasteiger partial charge in [-0.15, -0.1) is 11.6 Å². The van der Waals surface area contributed by atoms with Gasteiger partial charge in [-0.25, -0.2) is 9.78 Å². The van der Waals surface area contributed by atoms with E-state index in [4.69, 9.17) is 42.4 Å². The van der Waals surface area contributed by atoms with Crippen molar-refractivity contribution in [2.24, 2.45) is 0 Å². The molecule has 0 fully saturated rings. The van der Waals surface area contributed by atoms with Crippen LogP contribution in [0, 0.1) is 0 Å². The highest BCUT2D eigenvalue weighted by Crippen LogP contribution is 2.45. The first-order valence-electron chi connectivity index (χ1n) is 13.2. The largest absolute Gasteiger partial charge is 0.496 e. The Labute approximate surface area is 255 Å². The first-order valence-corrected chi connectivity index (χ1v) is 14.0. The summed E-state index contributed by atoms with van der Waals surface area (Å²) in [7, 11) is 4.69. The number of ether oxygens (including phenoxy) is 3. The van der Waals surface area contributed by atoms with Crippen molar-refractivity contribution in [2.75, 3.05) is 21.3 Å². The van der Waals surface area contributed by atoms with Crippen molar-refractivity contribution < 1.29 is 23.8 Å². The van der Waals surface area contributed by atoms with E-state index in [9.17, 15) is 9.59 Å². The maximum absolute atomic E-state index is 12.5. The normalized spacial score (nSPS) is 16.4. The van der Waals surface area contributed by atoms with Crippen LogP contribution < -0.4 is 9.47 Å². The number of hydrogen-bond acceptors (Lipinski definition) is 7. The standard InChI is InChI=1S/C32H33Cl2N3O5/c1-31(2,3)42-30(39)37(4)18-22-11-12-26(36-29(22)41-6)32(34)14-7-8-21(17-32)24-13-15-35-28(27(24)33)20-9-10-23(19-38)25(16-20)40-5/h7-16,19H,17-18H2,1-6H3. The highest BCUT2D eigenvalue weighted by Gasteiger charge is 2.33. The van der Waals surface area contributed by atoms with Crippen molar-refractivity contribution >= 4 is 41.2 Å². The summed E-state index contributed by atoms with van der Waals surface area (Å²) in [5.74, 6) is 0.801. The molecule has 1 aliphatic carbocycles. The summed E-state index contributed by atoms with van der Waals surface area (Å²) in [5.41, 5.74) is 4.07. The molecule has 4 rings (SSSR count). The summed E-state index contributed by atoms with van der Waals surface area (Å²) in [6.45, 7) is 5.70. The first-order chi connectivity index (χ1) is 19.9. The van der Waals surface area contributed by atoms with Crippen molar-refractivity contribution in [3.8, 4) is 22.9 Å². The van der Waals surface area contributed by atoms with Gasteiger partial charge in [-0.05, 0) is 56.7 Å². The molecule has 1 aromatic carbocycles. The third-order valence-corrected chi connectivity index (χ3v) is 7.48. The number of aldehydes is 1. The summed E-state index contributed by atoms with van der Waals surface area (Å²) in [6.07, 6.45) is 8.09. The van der Waals surface area contributed by atoms with Crippen LogP contribution in [-0.2, 0) is 16.2 Å². The number of methoxy groups -OCH3 is 2. The van der Waals surface area contributed by atoms with Gasteiger partial charge in [-0.1, -0.05) is 35.9 Å². The quantitative estimate of drug-likeness (QED) is 0.193. The zero-order chi connectivity index (χ0) is 30.7. The van der Waals surface area contributed by atoms with E-state index in [1.807, 2.05) is 57.2 Å². The molecule has 2 aromatic heterocycles. The van der Waals surface area contributed by atoms with E-state index >= 15 is 0 Å². The maximum atomic E-state index is 12.5. The lowest BCUT2D eigenvalue weighted by atomic mass is 9.86. The van der Waals surface area contributed by atoms with Gasteiger partial charge < -0.3 is 19.1 Å². The fourth-order valence-corrected chi connectivity index (χ4v) is 5.24. The van der Waals surface area contributed by atoms with Crippen LogP contribution in [0.1, 0.15) is 54.4 Å². The molecule has 0 saturated heterocycles. The average molecular weight is 611 g/mol. The van der Waals surface area contributed by atoms with Gasteiger partial charge in [0.1, 0.15) is 16.2 Å². The van der Waals surface area contributed by atoms with Crippen molar-refractivity contribution in [3.63, 3.8) is 0 Å². The minimum atomic E-state index is -0.978. The predicted molar refractivity (Wildman–Crippen MR) is 164 cm³/mol. The molecular formula is C32H33Cl2N3O5. The van der Waals surface area contributed by atoms with Crippen molar-refractivity contribution in [1.82, 2.24) is 14.9 Å². The Morgan fingerprint density at radius 2 is 1.90 bits per heavy atom. The highest BCUT2D eigenvalue weighted by atomic mass is 35.5. The smallest absolute Gasteiger partial charge is 0.410 e. The molecule has 0 spiro atoms. The van der Waals surface area contributed by atoms with E-state index in [0.29, 0.717) is 51.2 Å². The molecule has 1 aliphatic rings. The van der Waals surface area contributed by atoms with E-state index in [-0.39, 0.29) is 6.54 Å². The van der Waals surface area contributed by atoms with E-state index in [1.54, 1.807) is 31.4 Å². The number of pyridine rings is 2. The molecule has 0 saturated carbocycles. The van der Waals surface area contributed by atoms with Crippen LogP contribution in [0.4, 0.5) is 4.79 Å². The van der Waals surface area contributed by atoms with Gasteiger partial charge in [0.25, 0.3) is 0 Å². The SMILES string of the molecule is COc1cc(-c2nccc(C3=CC=CC(Cl)(c4ccc(CN(C)C(=O)OC(C)(C)C)c(OC)n4)C3)c2Cl)ccc1C=O. The van der Waals surface area contributed by atoms with Gasteiger partial charge in [-0.3, -0.25) is 9.78 Å². The molecule has 42 heavy (non-hydrogen) atoms. The molecule has 10 heteroatoms. The lowest BCUT2D eigenvalue weighted by molar-refractivity contribution is 0.0284. The van der Waals surface area contributed by atoms with E-state index in [1.165, 1.54) is 19.1 Å². The van der Waals surface area contributed by atoms with Crippen LogP contribution in [0.5, 0.6) is 11.6 Å². The number of rotatable bonds is 8. The van der Waals surface area contributed by atoms with Gasteiger partial charge >= 0.3 is 6.09 Å². The summed E-state index contributed by atoms with van der Waals surface area (Å²) >= 11 is 14.1. The van der Waals surface area contributed by atoms with Gasteiger partial charge in [-0.2, -0.15) is 0 Å². The Kier molecular flexibility index (Phi) is 9.28. The van der Waals surface area contributed by atoms with E-state index in [0.717, 1.165) is 17.4 Å². The first kappa shape index (κ1) is 31.1. The van der Waals surface area contributed by atoms with E-state index < -0.39 is 16.6 Å². The van der Waals surface area contributed by atoms with Gasteiger partial charge in [0.15, 0.2) is 6.29 Å². The molecule has 0 radical (unpaired) electrons. The summed E-state index contributed by atoms with van der Waals surface area (Å²) in [5, 5.41) is 0.449. The van der Waals surface area contributed by atoms with Gasteiger partial charge in [0.2, 0.25) is 5.88 Å². The molecule has 0 aliphatic heterocycles. The second kappa shape index (κ2) is 12.5.